The second-order valence-corrected chi connectivity index (χ2v) is 13.1. The molecule has 0 aromatic heterocycles. The molecule has 3 saturated heterocycles. The van der Waals surface area contributed by atoms with Crippen LogP contribution in [0.2, 0.25) is 0 Å². The lowest BCUT2D eigenvalue weighted by atomic mass is 9.76. The maximum absolute atomic E-state index is 11.2. The van der Waals surface area contributed by atoms with Crippen molar-refractivity contribution < 1.29 is 10.4 Å². The van der Waals surface area contributed by atoms with E-state index in [1.807, 2.05) is 21.6 Å². The van der Waals surface area contributed by atoms with E-state index in [-0.39, 0.29) is 22.2 Å². The first kappa shape index (κ1) is 21.3. The smallest absolute Gasteiger partial charge is 0.0450 e. The van der Waals surface area contributed by atoms with Gasteiger partial charge in [0.05, 0.1) is 0 Å². The van der Waals surface area contributed by atoms with Gasteiger partial charge in [0.15, 0.2) is 0 Å². The summed E-state index contributed by atoms with van der Waals surface area (Å²) in [6, 6.07) is 0. The summed E-state index contributed by atoms with van der Waals surface area (Å²) in [5.74, 6) is 1.24. The lowest BCUT2D eigenvalue weighted by molar-refractivity contribution is -0.255. The molecule has 0 saturated carbocycles. The Kier molecular flexibility index (Phi) is 6.06. The minimum Gasteiger partial charge on any atom is -0.313 e. The van der Waals surface area contributed by atoms with Crippen LogP contribution in [-0.2, 0) is 0 Å². The van der Waals surface area contributed by atoms with Crippen molar-refractivity contribution >= 4 is 21.6 Å². The number of hydroxylamine groups is 4. The quantitative estimate of drug-likeness (QED) is 0.573. The first-order chi connectivity index (χ1) is 12.0. The van der Waals surface area contributed by atoms with Crippen LogP contribution in [-0.4, -0.2) is 53.7 Å². The number of hydrogen-bond donors (Lipinski definition) is 2. The van der Waals surface area contributed by atoms with Gasteiger partial charge in [0.25, 0.3) is 0 Å². The molecule has 3 aliphatic heterocycles. The molecule has 0 amide bonds. The molecule has 4 unspecified atom stereocenters. The minimum absolute atomic E-state index is 0.108. The Morgan fingerprint density at radius 1 is 0.846 bits per heavy atom. The molecule has 0 spiro atoms. The van der Waals surface area contributed by atoms with E-state index < -0.39 is 0 Å². The third-order valence-electron chi connectivity index (χ3n) is 7.41. The Hall–Kier alpha value is 0.540. The highest BCUT2D eigenvalue weighted by molar-refractivity contribution is 8.77. The molecule has 0 aromatic carbocycles. The SMILES string of the molecule is CC1(C)CCCC(C)(CCC2(C)CCC(C)(CC3CCSS3)N2O)N1O. The average molecular weight is 403 g/mol. The predicted octanol–water partition coefficient (Wildman–Crippen LogP) is 5.73. The standard InChI is InChI=1S/C20H38N2O2S2/c1-17(2)8-6-9-18(3,21(17)23)10-11-19(4)12-13-20(5,22(19)24)15-16-7-14-25-26-16/h16,23-24H,6-15H2,1-5H3. The zero-order chi connectivity index (χ0) is 19.2. The maximum Gasteiger partial charge on any atom is 0.0450 e. The van der Waals surface area contributed by atoms with Crippen LogP contribution in [0.15, 0.2) is 0 Å². The van der Waals surface area contributed by atoms with Gasteiger partial charge in [-0.25, -0.2) is 0 Å². The van der Waals surface area contributed by atoms with Gasteiger partial charge in [0, 0.05) is 33.2 Å². The summed E-state index contributed by atoms with van der Waals surface area (Å²) < 4.78 is 0. The number of piperidine rings is 1. The van der Waals surface area contributed by atoms with Crippen LogP contribution in [0.1, 0.15) is 92.4 Å². The Morgan fingerprint density at radius 2 is 1.46 bits per heavy atom. The molecular weight excluding hydrogens is 364 g/mol. The van der Waals surface area contributed by atoms with E-state index in [1.165, 1.54) is 12.2 Å². The van der Waals surface area contributed by atoms with E-state index in [9.17, 15) is 10.4 Å². The van der Waals surface area contributed by atoms with Gasteiger partial charge in [0.2, 0.25) is 0 Å². The summed E-state index contributed by atoms with van der Waals surface area (Å²) in [7, 11) is 3.98. The van der Waals surface area contributed by atoms with E-state index in [0.717, 1.165) is 51.4 Å². The van der Waals surface area contributed by atoms with E-state index in [2.05, 4.69) is 34.6 Å². The van der Waals surface area contributed by atoms with E-state index >= 15 is 0 Å². The van der Waals surface area contributed by atoms with Crippen molar-refractivity contribution in [3.05, 3.63) is 0 Å². The highest BCUT2D eigenvalue weighted by Gasteiger charge is 2.52. The molecule has 2 N–H and O–H groups in total. The van der Waals surface area contributed by atoms with Gasteiger partial charge in [-0.3, -0.25) is 0 Å². The molecule has 4 atom stereocenters. The molecule has 3 rings (SSSR count). The van der Waals surface area contributed by atoms with Crippen molar-refractivity contribution in [2.24, 2.45) is 0 Å². The summed E-state index contributed by atoms with van der Waals surface area (Å²) in [4.78, 5) is 0. The van der Waals surface area contributed by atoms with Gasteiger partial charge in [0.1, 0.15) is 0 Å². The Bertz CT molecular complexity index is 514. The molecule has 0 radical (unpaired) electrons. The van der Waals surface area contributed by atoms with Crippen LogP contribution in [0.5, 0.6) is 0 Å². The molecule has 0 aromatic rings. The van der Waals surface area contributed by atoms with Crippen molar-refractivity contribution in [2.75, 3.05) is 5.75 Å². The van der Waals surface area contributed by atoms with E-state index in [4.69, 9.17) is 0 Å². The molecule has 3 fully saturated rings. The molecule has 4 nitrogen and oxygen atoms in total. The normalized spacial score (nSPS) is 44.7. The van der Waals surface area contributed by atoms with Crippen LogP contribution in [0.3, 0.4) is 0 Å². The van der Waals surface area contributed by atoms with Crippen molar-refractivity contribution in [2.45, 2.75) is 120 Å². The highest BCUT2D eigenvalue weighted by atomic mass is 33.1. The van der Waals surface area contributed by atoms with Gasteiger partial charge in [-0.1, -0.05) is 21.6 Å². The maximum atomic E-state index is 11.2. The van der Waals surface area contributed by atoms with Crippen molar-refractivity contribution in [1.82, 2.24) is 10.1 Å². The van der Waals surface area contributed by atoms with Crippen LogP contribution in [0.25, 0.3) is 0 Å². The zero-order valence-electron chi connectivity index (χ0n) is 17.3. The highest BCUT2D eigenvalue weighted by Crippen LogP contribution is 2.50. The number of rotatable bonds is 5. The molecule has 152 valence electrons. The van der Waals surface area contributed by atoms with Gasteiger partial charge < -0.3 is 10.4 Å². The predicted molar refractivity (Wildman–Crippen MR) is 112 cm³/mol. The fraction of sp³-hybridized carbons (Fsp3) is 1.00. The third-order valence-corrected chi connectivity index (χ3v) is 10.3. The van der Waals surface area contributed by atoms with E-state index in [0.29, 0.717) is 5.25 Å². The lowest BCUT2D eigenvalue weighted by Crippen LogP contribution is -2.59. The second kappa shape index (κ2) is 7.42. The van der Waals surface area contributed by atoms with Crippen LogP contribution >= 0.6 is 21.6 Å². The monoisotopic (exact) mass is 402 g/mol. The average Bonchev–Trinajstić information content (AvgIpc) is 3.15. The fourth-order valence-electron chi connectivity index (χ4n) is 5.43. The number of nitrogens with zero attached hydrogens (tertiary/aromatic N) is 2. The largest absolute Gasteiger partial charge is 0.313 e. The van der Waals surface area contributed by atoms with Gasteiger partial charge >= 0.3 is 0 Å². The lowest BCUT2D eigenvalue weighted by Gasteiger charge is -2.51. The van der Waals surface area contributed by atoms with Crippen LogP contribution in [0, 0.1) is 0 Å². The van der Waals surface area contributed by atoms with Gasteiger partial charge in [-0.05, 0) is 92.4 Å². The fourth-order valence-corrected chi connectivity index (χ4v) is 8.54. The molecule has 3 aliphatic rings. The minimum atomic E-state index is -0.192. The Morgan fingerprint density at radius 3 is 2.08 bits per heavy atom. The summed E-state index contributed by atoms with van der Waals surface area (Å²) in [5, 5.41) is 26.0. The first-order valence-corrected chi connectivity index (χ1v) is 12.7. The molecular formula is C20H38N2O2S2. The van der Waals surface area contributed by atoms with Gasteiger partial charge in [-0.15, -0.1) is 0 Å². The summed E-state index contributed by atoms with van der Waals surface area (Å²) >= 11 is 0. The Balaban J connectivity index is 1.64. The molecule has 26 heavy (non-hydrogen) atoms. The molecule has 6 heteroatoms. The molecule has 3 heterocycles. The number of hydrogen-bond acceptors (Lipinski definition) is 6. The molecule has 0 aliphatic carbocycles. The third kappa shape index (κ3) is 3.97. The van der Waals surface area contributed by atoms with Gasteiger partial charge in [-0.2, -0.15) is 10.1 Å². The summed E-state index contributed by atoms with van der Waals surface area (Å²) in [5.41, 5.74) is -0.642. The zero-order valence-corrected chi connectivity index (χ0v) is 18.9. The van der Waals surface area contributed by atoms with Crippen LogP contribution < -0.4 is 0 Å². The van der Waals surface area contributed by atoms with Crippen molar-refractivity contribution in [3.8, 4) is 0 Å². The summed E-state index contributed by atoms with van der Waals surface area (Å²) in [6.07, 6.45) is 9.52. The Labute approximate surface area is 167 Å². The van der Waals surface area contributed by atoms with E-state index in [1.54, 1.807) is 10.1 Å². The molecule has 0 bridgehead atoms. The summed E-state index contributed by atoms with van der Waals surface area (Å²) in [6.45, 7) is 10.9. The van der Waals surface area contributed by atoms with Crippen molar-refractivity contribution in [1.29, 1.82) is 0 Å². The van der Waals surface area contributed by atoms with Crippen molar-refractivity contribution in [3.63, 3.8) is 0 Å². The second-order valence-electron chi connectivity index (χ2n) is 10.3. The van der Waals surface area contributed by atoms with Crippen LogP contribution in [0.4, 0.5) is 0 Å². The first-order valence-electron chi connectivity index (χ1n) is 10.3. The topological polar surface area (TPSA) is 46.9 Å².